The number of carbonyl (C=O) groups excluding carboxylic acids is 2. The highest BCUT2D eigenvalue weighted by atomic mass is 32.1. The Labute approximate surface area is 190 Å². The van der Waals surface area contributed by atoms with E-state index in [4.69, 9.17) is 10.7 Å². The van der Waals surface area contributed by atoms with E-state index in [0.29, 0.717) is 17.3 Å². The van der Waals surface area contributed by atoms with Crippen LogP contribution in [0.25, 0.3) is 5.57 Å². The quantitative estimate of drug-likeness (QED) is 0.620. The minimum Gasteiger partial charge on any atom is -0.369 e. The third-order valence-corrected chi connectivity index (χ3v) is 7.87. The zero-order valence-electron chi connectivity index (χ0n) is 17.5. The van der Waals surface area contributed by atoms with Crippen LogP contribution in [0.1, 0.15) is 60.3 Å². The molecule has 0 bridgehead atoms. The largest absolute Gasteiger partial charge is 0.369 e. The molecule has 4 rings (SSSR count). The molecule has 2 aromatic heterocycles. The standard InChI is InChI=1S/C23H28N4O2S2/c24-21(28)18-7-2-1-5-16(18)6-3-13-27(22(29)20-8-4-14-30-20)23-26-19(15-31-23)17-9-11-25-12-10-17/h4,8-9,11,14-16,18H,1-3,5-7,10,12-13H2,(H2,24,28)/t16?,18-/m1/s1. The Bertz CT molecular complexity index is 964. The first-order chi connectivity index (χ1) is 15.1. The van der Waals surface area contributed by atoms with Gasteiger partial charge < -0.3 is 5.73 Å². The number of anilines is 1. The van der Waals surface area contributed by atoms with Crippen LogP contribution in [0, 0.1) is 11.8 Å². The van der Waals surface area contributed by atoms with Crippen LogP contribution in [-0.4, -0.2) is 36.1 Å². The molecule has 31 heavy (non-hydrogen) atoms. The second kappa shape index (κ2) is 10.3. The fourth-order valence-electron chi connectivity index (χ4n) is 4.49. The fourth-order valence-corrected chi connectivity index (χ4v) is 6.04. The number of rotatable bonds is 8. The summed E-state index contributed by atoms with van der Waals surface area (Å²) in [5.41, 5.74) is 7.73. The number of hydrogen-bond acceptors (Lipinski definition) is 6. The second-order valence-electron chi connectivity index (χ2n) is 8.14. The molecule has 1 fully saturated rings. The Kier molecular flexibility index (Phi) is 7.29. The van der Waals surface area contributed by atoms with Gasteiger partial charge in [0.1, 0.15) is 0 Å². The van der Waals surface area contributed by atoms with Crippen LogP contribution in [0.4, 0.5) is 5.13 Å². The van der Waals surface area contributed by atoms with Crippen molar-refractivity contribution in [2.45, 2.75) is 44.9 Å². The van der Waals surface area contributed by atoms with E-state index >= 15 is 0 Å². The number of aromatic nitrogens is 1. The SMILES string of the molecule is NC(=O)[C@@H]1CCCCC1CCCN(C(=O)c1cccs1)c1nc(C2=CC=NCC2)cs1. The molecule has 0 aromatic carbocycles. The molecule has 8 heteroatoms. The van der Waals surface area contributed by atoms with Crippen molar-refractivity contribution in [3.05, 3.63) is 39.5 Å². The predicted octanol–water partition coefficient (Wildman–Crippen LogP) is 4.78. The zero-order valence-corrected chi connectivity index (χ0v) is 19.2. The molecule has 2 aromatic rings. The van der Waals surface area contributed by atoms with E-state index in [-0.39, 0.29) is 17.7 Å². The monoisotopic (exact) mass is 456 g/mol. The van der Waals surface area contributed by atoms with Crippen LogP contribution >= 0.6 is 22.7 Å². The van der Waals surface area contributed by atoms with Crippen LogP contribution in [0.3, 0.4) is 0 Å². The summed E-state index contributed by atoms with van der Waals surface area (Å²) in [4.78, 5) is 36.6. The number of nitrogens with zero attached hydrogens (tertiary/aromatic N) is 3. The van der Waals surface area contributed by atoms with E-state index in [2.05, 4.69) is 4.99 Å². The topological polar surface area (TPSA) is 88.7 Å². The highest BCUT2D eigenvalue weighted by Gasteiger charge is 2.29. The Morgan fingerprint density at radius 3 is 2.84 bits per heavy atom. The number of amides is 2. The van der Waals surface area contributed by atoms with Crippen molar-refractivity contribution in [1.29, 1.82) is 0 Å². The molecule has 6 nitrogen and oxygen atoms in total. The summed E-state index contributed by atoms with van der Waals surface area (Å²) in [7, 11) is 0. The lowest BCUT2D eigenvalue weighted by atomic mass is 9.76. The van der Waals surface area contributed by atoms with Crippen molar-refractivity contribution in [2.75, 3.05) is 18.0 Å². The van der Waals surface area contributed by atoms with Gasteiger partial charge in [-0.3, -0.25) is 19.5 Å². The molecule has 1 aliphatic heterocycles. The molecular formula is C23H28N4O2S2. The normalized spacial score (nSPS) is 21.0. The van der Waals surface area contributed by atoms with Gasteiger partial charge in [0.2, 0.25) is 5.91 Å². The van der Waals surface area contributed by atoms with Crippen molar-refractivity contribution in [1.82, 2.24) is 4.98 Å². The van der Waals surface area contributed by atoms with Crippen molar-refractivity contribution in [3.8, 4) is 0 Å². The number of dihydropyridines is 1. The van der Waals surface area contributed by atoms with E-state index in [1.54, 1.807) is 4.90 Å². The number of thiazole rings is 1. The Hall–Kier alpha value is -2.32. The highest BCUT2D eigenvalue weighted by Crippen LogP contribution is 2.34. The van der Waals surface area contributed by atoms with E-state index < -0.39 is 0 Å². The van der Waals surface area contributed by atoms with Gasteiger partial charge in [-0.25, -0.2) is 4.98 Å². The number of primary amides is 1. The fraction of sp³-hybridized carbons (Fsp3) is 0.478. The molecule has 0 radical (unpaired) electrons. The molecule has 2 amide bonds. The van der Waals surface area contributed by atoms with E-state index in [0.717, 1.165) is 67.9 Å². The maximum atomic E-state index is 13.2. The Morgan fingerprint density at radius 2 is 2.10 bits per heavy atom. The first-order valence-corrected chi connectivity index (χ1v) is 12.7. The number of nitrogens with two attached hydrogens (primary N) is 1. The van der Waals surface area contributed by atoms with Gasteiger partial charge in [0.05, 0.1) is 10.6 Å². The molecule has 0 spiro atoms. The summed E-state index contributed by atoms with van der Waals surface area (Å²) < 4.78 is 0. The smallest absolute Gasteiger partial charge is 0.270 e. The van der Waals surface area contributed by atoms with Gasteiger partial charge in [0.25, 0.3) is 5.91 Å². The summed E-state index contributed by atoms with van der Waals surface area (Å²) in [6.45, 7) is 1.37. The van der Waals surface area contributed by atoms with E-state index in [9.17, 15) is 9.59 Å². The van der Waals surface area contributed by atoms with Gasteiger partial charge in [-0.2, -0.15) is 0 Å². The molecule has 1 saturated carbocycles. The van der Waals surface area contributed by atoms with Gasteiger partial charge >= 0.3 is 0 Å². The highest BCUT2D eigenvalue weighted by molar-refractivity contribution is 7.14. The van der Waals surface area contributed by atoms with Crippen molar-refractivity contribution >= 4 is 51.4 Å². The first-order valence-electron chi connectivity index (χ1n) is 10.9. The molecule has 2 N–H and O–H groups in total. The number of carbonyl (C=O) groups is 2. The number of aliphatic imine (C=N–C) groups is 1. The summed E-state index contributed by atoms with van der Waals surface area (Å²) in [6.07, 6.45) is 10.6. The molecule has 1 unspecified atom stereocenters. The van der Waals surface area contributed by atoms with Crippen molar-refractivity contribution < 1.29 is 9.59 Å². The molecule has 2 aliphatic rings. The van der Waals surface area contributed by atoms with Gasteiger partial charge in [0, 0.05) is 30.6 Å². The molecule has 0 saturated heterocycles. The van der Waals surface area contributed by atoms with Crippen LogP contribution in [0.15, 0.2) is 34.0 Å². The third kappa shape index (κ3) is 5.30. The molecule has 164 valence electrons. The lowest BCUT2D eigenvalue weighted by molar-refractivity contribution is -0.124. The van der Waals surface area contributed by atoms with Crippen LogP contribution in [0.2, 0.25) is 0 Å². The predicted molar refractivity (Wildman–Crippen MR) is 128 cm³/mol. The maximum absolute atomic E-state index is 13.2. The minimum absolute atomic E-state index is 0.00909. The first kappa shape index (κ1) is 21.9. The zero-order chi connectivity index (χ0) is 21.6. The average molecular weight is 457 g/mol. The van der Waals surface area contributed by atoms with Crippen molar-refractivity contribution in [2.24, 2.45) is 22.6 Å². The van der Waals surface area contributed by atoms with Gasteiger partial charge in [0.15, 0.2) is 5.13 Å². The van der Waals surface area contributed by atoms with Gasteiger partial charge in [-0.1, -0.05) is 18.9 Å². The Morgan fingerprint density at radius 1 is 1.23 bits per heavy atom. The minimum atomic E-state index is -0.176. The van der Waals surface area contributed by atoms with Gasteiger partial charge in [-0.05, 0) is 61.1 Å². The summed E-state index contributed by atoms with van der Waals surface area (Å²) in [6, 6.07) is 3.76. The van der Waals surface area contributed by atoms with E-state index in [1.165, 1.54) is 22.7 Å². The van der Waals surface area contributed by atoms with E-state index in [1.807, 2.05) is 35.2 Å². The molecular weight excluding hydrogens is 428 g/mol. The number of thiophene rings is 1. The van der Waals surface area contributed by atoms with Gasteiger partial charge in [-0.15, -0.1) is 22.7 Å². The summed E-state index contributed by atoms with van der Waals surface area (Å²) in [5.74, 6) is 0.111. The molecule has 3 heterocycles. The average Bonchev–Trinajstić information content (AvgIpc) is 3.50. The maximum Gasteiger partial charge on any atom is 0.270 e. The molecule has 1 aliphatic carbocycles. The van der Waals surface area contributed by atoms with Crippen LogP contribution < -0.4 is 10.6 Å². The number of hydrogen-bond donors (Lipinski definition) is 1. The molecule has 2 atom stereocenters. The second-order valence-corrected chi connectivity index (χ2v) is 9.93. The van der Waals surface area contributed by atoms with Crippen LogP contribution in [0.5, 0.6) is 0 Å². The van der Waals surface area contributed by atoms with Crippen molar-refractivity contribution in [3.63, 3.8) is 0 Å². The lowest BCUT2D eigenvalue weighted by Gasteiger charge is -2.30. The number of allylic oxidation sites excluding steroid dienone is 1. The van der Waals surface area contributed by atoms with Crippen LogP contribution in [-0.2, 0) is 4.79 Å². The third-order valence-electron chi connectivity index (χ3n) is 6.15. The summed E-state index contributed by atoms with van der Waals surface area (Å²) in [5, 5.41) is 4.68. The Balaban J connectivity index is 1.48. The summed E-state index contributed by atoms with van der Waals surface area (Å²) >= 11 is 2.96. The lowest BCUT2D eigenvalue weighted by Crippen LogP contribution is -2.34.